The molecule has 0 spiro atoms. The van der Waals surface area contributed by atoms with Crippen molar-refractivity contribution in [3.63, 3.8) is 0 Å². The van der Waals surface area contributed by atoms with Crippen molar-refractivity contribution in [2.24, 2.45) is 0 Å². The van der Waals surface area contributed by atoms with Gasteiger partial charge in [0.1, 0.15) is 0 Å². The monoisotopic (exact) mass is 258 g/mol. The van der Waals surface area contributed by atoms with Crippen molar-refractivity contribution < 1.29 is 9.90 Å². The molecule has 0 fully saturated rings. The van der Waals surface area contributed by atoms with E-state index in [4.69, 9.17) is 5.11 Å². The zero-order valence-electron chi connectivity index (χ0n) is 7.81. The highest BCUT2D eigenvalue weighted by atomic mass is 35.5. The highest BCUT2D eigenvalue weighted by Gasteiger charge is 2.06. The molecule has 0 aromatic heterocycles. The summed E-state index contributed by atoms with van der Waals surface area (Å²) in [5.74, 6) is -0.855. The molecule has 0 unspecified atom stereocenters. The van der Waals surface area contributed by atoms with Crippen molar-refractivity contribution >= 4 is 43.2 Å². The highest BCUT2D eigenvalue weighted by Crippen LogP contribution is 2.11. The molecule has 1 rings (SSSR count). The Bertz CT molecular complexity index is 300. The van der Waals surface area contributed by atoms with Crippen LogP contribution in [-0.4, -0.2) is 11.1 Å². The highest BCUT2D eigenvalue weighted by molar-refractivity contribution is 5.89. The number of hydrogen-bond donors (Lipinski definition) is 1. The molecular weight excluding hydrogens is 246 g/mol. The molecule has 0 atom stereocenters. The van der Waals surface area contributed by atoms with Gasteiger partial charge in [-0.1, -0.05) is 12.1 Å². The molecular formula is C9H13Cl3O2. The van der Waals surface area contributed by atoms with Gasteiger partial charge in [0.05, 0.1) is 5.56 Å². The van der Waals surface area contributed by atoms with Crippen LogP contribution < -0.4 is 0 Å². The standard InChI is InChI=1S/C9H10O2.3ClH/c1-6-4-3-5-8(7(6)2)9(10)11;;;/h3-5H,1-2H3,(H,10,11);3*1H. The van der Waals surface area contributed by atoms with E-state index < -0.39 is 5.97 Å². The number of benzene rings is 1. The second kappa shape index (κ2) is 7.92. The SMILES string of the molecule is Cc1cccc(C(=O)O)c1C.Cl.Cl.Cl. The normalized spacial score (nSPS) is 7.57. The van der Waals surface area contributed by atoms with Gasteiger partial charge in [0.2, 0.25) is 0 Å². The van der Waals surface area contributed by atoms with Crippen molar-refractivity contribution in [1.29, 1.82) is 0 Å². The molecule has 0 aliphatic heterocycles. The van der Waals surface area contributed by atoms with E-state index in [1.807, 2.05) is 19.9 Å². The van der Waals surface area contributed by atoms with Crippen LogP contribution in [0, 0.1) is 13.8 Å². The summed E-state index contributed by atoms with van der Waals surface area (Å²) in [6.07, 6.45) is 0. The van der Waals surface area contributed by atoms with Crippen LogP contribution in [-0.2, 0) is 0 Å². The largest absolute Gasteiger partial charge is 0.478 e. The van der Waals surface area contributed by atoms with Crippen LogP contribution in [0.15, 0.2) is 18.2 Å². The van der Waals surface area contributed by atoms with E-state index in [0.29, 0.717) is 5.56 Å². The zero-order valence-corrected chi connectivity index (χ0v) is 10.3. The first-order chi connectivity index (χ1) is 5.13. The lowest BCUT2D eigenvalue weighted by Crippen LogP contribution is -2.00. The van der Waals surface area contributed by atoms with Gasteiger partial charge in [0, 0.05) is 0 Å². The van der Waals surface area contributed by atoms with Crippen LogP contribution in [0.25, 0.3) is 0 Å². The molecule has 1 N–H and O–H groups in total. The Morgan fingerprint density at radius 2 is 1.64 bits per heavy atom. The maximum absolute atomic E-state index is 10.6. The molecule has 0 saturated carbocycles. The summed E-state index contributed by atoms with van der Waals surface area (Å²) in [5, 5.41) is 8.69. The van der Waals surface area contributed by atoms with E-state index in [9.17, 15) is 4.79 Å². The van der Waals surface area contributed by atoms with E-state index in [2.05, 4.69) is 0 Å². The quantitative estimate of drug-likeness (QED) is 0.840. The van der Waals surface area contributed by atoms with E-state index in [-0.39, 0.29) is 37.2 Å². The summed E-state index contributed by atoms with van der Waals surface area (Å²) >= 11 is 0. The maximum atomic E-state index is 10.6. The lowest BCUT2D eigenvalue weighted by Gasteiger charge is -2.02. The number of halogens is 3. The number of carboxylic acids is 1. The van der Waals surface area contributed by atoms with Crippen molar-refractivity contribution in [3.8, 4) is 0 Å². The summed E-state index contributed by atoms with van der Waals surface area (Å²) in [6, 6.07) is 5.28. The molecule has 0 aliphatic rings. The minimum Gasteiger partial charge on any atom is -0.478 e. The first-order valence-corrected chi connectivity index (χ1v) is 3.42. The first kappa shape index (κ1) is 19.2. The average molecular weight is 260 g/mol. The lowest BCUT2D eigenvalue weighted by molar-refractivity contribution is 0.0696. The Morgan fingerprint density at radius 3 is 2.00 bits per heavy atom. The number of carboxylic acid groups (broad SMARTS) is 1. The van der Waals surface area contributed by atoms with Gasteiger partial charge >= 0.3 is 5.97 Å². The third-order valence-corrected chi connectivity index (χ3v) is 1.84. The average Bonchev–Trinajstić information content (AvgIpc) is 1.94. The molecule has 14 heavy (non-hydrogen) atoms. The molecule has 0 heterocycles. The predicted octanol–water partition coefficient (Wildman–Crippen LogP) is 3.27. The van der Waals surface area contributed by atoms with Gasteiger partial charge in [-0.25, -0.2) is 4.79 Å². The molecule has 0 radical (unpaired) electrons. The Labute approximate surface area is 102 Å². The third-order valence-electron chi connectivity index (χ3n) is 1.84. The minimum absolute atomic E-state index is 0. The van der Waals surface area contributed by atoms with Gasteiger partial charge in [0.15, 0.2) is 0 Å². The van der Waals surface area contributed by atoms with Crippen LogP contribution in [0.5, 0.6) is 0 Å². The first-order valence-electron chi connectivity index (χ1n) is 3.42. The number of aryl methyl sites for hydroxylation is 1. The van der Waals surface area contributed by atoms with Crippen LogP contribution >= 0.6 is 37.2 Å². The summed E-state index contributed by atoms with van der Waals surface area (Å²) < 4.78 is 0. The second-order valence-electron chi connectivity index (χ2n) is 2.55. The van der Waals surface area contributed by atoms with E-state index in [1.165, 1.54) is 0 Å². The fourth-order valence-electron chi connectivity index (χ4n) is 0.983. The van der Waals surface area contributed by atoms with Gasteiger partial charge in [-0.05, 0) is 31.0 Å². The molecule has 0 aliphatic carbocycles. The molecule has 2 nitrogen and oxygen atoms in total. The molecule has 5 heteroatoms. The molecule has 0 amide bonds. The number of aromatic carboxylic acids is 1. The van der Waals surface area contributed by atoms with Gasteiger partial charge in [0.25, 0.3) is 0 Å². The Hall–Kier alpha value is -0.440. The fraction of sp³-hybridized carbons (Fsp3) is 0.222. The van der Waals surface area contributed by atoms with Gasteiger partial charge < -0.3 is 5.11 Å². The van der Waals surface area contributed by atoms with Crippen molar-refractivity contribution in [2.75, 3.05) is 0 Å². The second-order valence-corrected chi connectivity index (χ2v) is 2.55. The van der Waals surface area contributed by atoms with Gasteiger partial charge in [-0.2, -0.15) is 0 Å². The molecule has 0 bridgehead atoms. The van der Waals surface area contributed by atoms with E-state index >= 15 is 0 Å². The van der Waals surface area contributed by atoms with E-state index in [1.54, 1.807) is 12.1 Å². The van der Waals surface area contributed by atoms with Crippen LogP contribution in [0.3, 0.4) is 0 Å². The Morgan fingerprint density at radius 1 is 1.14 bits per heavy atom. The molecule has 82 valence electrons. The Balaban J connectivity index is -0.000000403. The van der Waals surface area contributed by atoms with Gasteiger partial charge in [-0.3, -0.25) is 0 Å². The lowest BCUT2D eigenvalue weighted by atomic mass is 10.0. The predicted molar refractivity (Wildman–Crippen MR) is 64.6 cm³/mol. The van der Waals surface area contributed by atoms with Crippen LogP contribution in [0.4, 0.5) is 0 Å². The molecule has 1 aromatic rings. The number of hydrogen-bond acceptors (Lipinski definition) is 1. The topological polar surface area (TPSA) is 37.3 Å². The smallest absolute Gasteiger partial charge is 0.335 e. The van der Waals surface area contributed by atoms with Crippen LogP contribution in [0.2, 0.25) is 0 Å². The molecule has 0 saturated heterocycles. The fourth-order valence-corrected chi connectivity index (χ4v) is 0.983. The van der Waals surface area contributed by atoms with Crippen molar-refractivity contribution in [3.05, 3.63) is 34.9 Å². The number of carbonyl (C=O) groups is 1. The third kappa shape index (κ3) is 4.18. The summed E-state index contributed by atoms with van der Waals surface area (Å²) in [4.78, 5) is 10.6. The van der Waals surface area contributed by atoms with E-state index in [0.717, 1.165) is 11.1 Å². The minimum atomic E-state index is -0.855. The van der Waals surface area contributed by atoms with Crippen LogP contribution in [0.1, 0.15) is 21.5 Å². The summed E-state index contributed by atoms with van der Waals surface area (Å²) in [6.45, 7) is 3.72. The van der Waals surface area contributed by atoms with Crippen molar-refractivity contribution in [1.82, 2.24) is 0 Å². The summed E-state index contributed by atoms with van der Waals surface area (Å²) in [7, 11) is 0. The summed E-state index contributed by atoms with van der Waals surface area (Å²) in [5.41, 5.74) is 2.26. The molecule has 1 aromatic carbocycles. The maximum Gasteiger partial charge on any atom is 0.335 e. The van der Waals surface area contributed by atoms with Crippen molar-refractivity contribution in [2.45, 2.75) is 13.8 Å². The Kier molecular flexibility index (Phi) is 10.8. The number of rotatable bonds is 1. The zero-order chi connectivity index (χ0) is 8.43. The van der Waals surface area contributed by atoms with Gasteiger partial charge in [-0.15, -0.1) is 37.2 Å².